The Kier molecular flexibility index (Phi) is 5.44. The van der Waals surface area contributed by atoms with Crippen LogP contribution in [0.4, 0.5) is 15.8 Å². The molecule has 7 heteroatoms. The summed E-state index contributed by atoms with van der Waals surface area (Å²) >= 11 is 0. The summed E-state index contributed by atoms with van der Waals surface area (Å²) in [5, 5.41) is 20.3. The van der Waals surface area contributed by atoms with Crippen molar-refractivity contribution in [2.75, 3.05) is 31.1 Å². The maximum Gasteiger partial charge on any atom is 0.293 e. The van der Waals surface area contributed by atoms with Crippen molar-refractivity contribution in [3.63, 3.8) is 0 Å². The molecule has 0 aliphatic carbocycles. The van der Waals surface area contributed by atoms with Crippen LogP contribution in [-0.2, 0) is 6.54 Å². The second-order valence-electron chi connectivity index (χ2n) is 6.32. The van der Waals surface area contributed by atoms with Gasteiger partial charge in [-0.25, -0.2) is 4.39 Å². The summed E-state index contributed by atoms with van der Waals surface area (Å²) in [6.07, 6.45) is 0.873. The van der Waals surface area contributed by atoms with Gasteiger partial charge in [0, 0.05) is 38.8 Å². The summed E-state index contributed by atoms with van der Waals surface area (Å²) in [6.45, 7) is 3.73. The number of rotatable bonds is 4. The van der Waals surface area contributed by atoms with Crippen molar-refractivity contribution in [3.05, 3.63) is 69.5 Å². The van der Waals surface area contributed by atoms with Crippen molar-refractivity contribution in [2.24, 2.45) is 0 Å². The number of nitriles is 1. The van der Waals surface area contributed by atoms with Gasteiger partial charge in [0.2, 0.25) is 0 Å². The molecule has 0 saturated carbocycles. The number of halogens is 1. The average Bonchev–Trinajstić information content (AvgIpc) is 2.88. The fraction of sp³-hybridized carbons (Fsp3) is 0.316. The zero-order valence-corrected chi connectivity index (χ0v) is 14.3. The lowest BCUT2D eigenvalue weighted by Gasteiger charge is -2.23. The highest BCUT2D eigenvalue weighted by atomic mass is 19.1. The van der Waals surface area contributed by atoms with Crippen LogP contribution in [0.5, 0.6) is 0 Å². The van der Waals surface area contributed by atoms with Gasteiger partial charge in [-0.15, -0.1) is 0 Å². The molecule has 0 spiro atoms. The number of nitro groups is 1. The zero-order chi connectivity index (χ0) is 18.5. The van der Waals surface area contributed by atoms with Gasteiger partial charge in [0.15, 0.2) is 0 Å². The Morgan fingerprint density at radius 2 is 1.88 bits per heavy atom. The van der Waals surface area contributed by atoms with Crippen LogP contribution in [0.25, 0.3) is 0 Å². The molecule has 1 fully saturated rings. The van der Waals surface area contributed by atoms with Gasteiger partial charge >= 0.3 is 0 Å². The molecule has 6 nitrogen and oxygen atoms in total. The molecule has 2 aromatic carbocycles. The lowest BCUT2D eigenvalue weighted by molar-refractivity contribution is -0.384. The van der Waals surface area contributed by atoms with E-state index in [4.69, 9.17) is 5.26 Å². The molecule has 134 valence electrons. The third kappa shape index (κ3) is 4.16. The van der Waals surface area contributed by atoms with Gasteiger partial charge in [-0.2, -0.15) is 5.26 Å². The van der Waals surface area contributed by atoms with E-state index in [1.807, 2.05) is 11.0 Å². The first-order chi connectivity index (χ1) is 12.6. The predicted octanol–water partition coefficient (Wildman–Crippen LogP) is 3.32. The van der Waals surface area contributed by atoms with Crippen molar-refractivity contribution in [1.29, 1.82) is 5.26 Å². The standard InChI is InChI=1S/C19H19FN4O2/c20-17-5-2-15(3-6-17)14-22-8-1-9-23(11-10-22)18-7-4-16(13-21)12-19(18)24(25)26/h2-7,12H,1,8-11,14H2. The van der Waals surface area contributed by atoms with Crippen LogP contribution < -0.4 is 4.90 Å². The molecule has 1 saturated heterocycles. The number of hydrogen-bond donors (Lipinski definition) is 0. The zero-order valence-electron chi connectivity index (χ0n) is 14.3. The van der Waals surface area contributed by atoms with E-state index >= 15 is 0 Å². The second kappa shape index (κ2) is 7.93. The first-order valence-corrected chi connectivity index (χ1v) is 8.47. The first kappa shape index (κ1) is 17.8. The maximum atomic E-state index is 13.0. The van der Waals surface area contributed by atoms with Crippen molar-refractivity contribution in [1.82, 2.24) is 4.90 Å². The van der Waals surface area contributed by atoms with Crippen molar-refractivity contribution >= 4 is 11.4 Å². The molecule has 0 aromatic heterocycles. The average molecular weight is 354 g/mol. The van der Waals surface area contributed by atoms with Crippen molar-refractivity contribution in [3.8, 4) is 6.07 Å². The summed E-state index contributed by atoms with van der Waals surface area (Å²) in [6, 6.07) is 13.0. The number of nitro benzene ring substituents is 1. The molecule has 0 amide bonds. The fourth-order valence-corrected chi connectivity index (χ4v) is 3.22. The lowest BCUT2D eigenvalue weighted by Crippen LogP contribution is -2.30. The van der Waals surface area contributed by atoms with Gasteiger partial charge in [-0.3, -0.25) is 15.0 Å². The molecule has 0 N–H and O–H groups in total. The van der Waals surface area contributed by atoms with Crippen LogP contribution in [0.2, 0.25) is 0 Å². The normalized spacial score (nSPS) is 15.3. The Morgan fingerprint density at radius 3 is 2.58 bits per heavy atom. The van der Waals surface area contributed by atoms with E-state index in [-0.39, 0.29) is 17.1 Å². The highest BCUT2D eigenvalue weighted by Crippen LogP contribution is 2.30. The van der Waals surface area contributed by atoms with Crippen molar-refractivity contribution < 1.29 is 9.31 Å². The molecular weight excluding hydrogens is 335 g/mol. The number of benzene rings is 2. The minimum atomic E-state index is -0.433. The summed E-state index contributed by atoms with van der Waals surface area (Å²) in [4.78, 5) is 15.2. The van der Waals surface area contributed by atoms with Gasteiger partial charge < -0.3 is 4.90 Å². The van der Waals surface area contributed by atoms with Gasteiger partial charge in [0.25, 0.3) is 5.69 Å². The van der Waals surface area contributed by atoms with Crippen LogP contribution in [0, 0.1) is 27.3 Å². The second-order valence-corrected chi connectivity index (χ2v) is 6.32. The Balaban J connectivity index is 1.71. The van der Waals surface area contributed by atoms with Crippen LogP contribution in [0.3, 0.4) is 0 Å². The van der Waals surface area contributed by atoms with E-state index in [1.165, 1.54) is 18.2 Å². The Hall–Kier alpha value is -2.98. The summed E-state index contributed by atoms with van der Waals surface area (Å²) in [5.74, 6) is -0.246. The topological polar surface area (TPSA) is 73.4 Å². The molecule has 0 bridgehead atoms. The van der Waals surface area contributed by atoms with Crippen molar-refractivity contribution in [2.45, 2.75) is 13.0 Å². The maximum absolute atomic E-state index is 13.0. The smallest absolute Gasteiger partial charge is 0.293 e. The van der Waals surface area contributed by atoms with E-state index < -0.39 is 4.92 Å². The molecule has 1 heterocycles. The van der Waals surface area contributed by atoms with Crippen LogP contribution in [-0.4, -0.2) is 36.0 Å². The molecule has 0 atom stereocenters. The van der Waals surface area contributed by atoms with E-state index in [1.54, 1.807) is 24.3 Å². The van der Waals surface area contributed by atoms with Gasteiger partial charge in [-0.05, 0) is 36.2 Å². The van der Waals surface area contributed by atoms with Gasteiger partial charge in [0.1, 0.15) is 11.5 Å². The molecule has 0 radical (unpaired) electrons. The van der Waals surface area contributed by atoms with E-state index in [0.717, 1.165) is 31.6 Å². The van der Waals surface area contributed by atoms with Crippen LogP contribution in [0.15, 0.2) is 42.5 Å². The SMILES string of the molecule is N#Cc1ccc(N2CCCN(Cc3ccc(F)cc3)CC2)c([N+](=O)[O-])c1. The molecule has 26 heavy (non-hydrogen) atoms. The monoisotopic (exact) mass is 354 g/mol. The molecule has 3 rings (SSSR count). The molecule has 1 aliphatic heterocycles. The Labute approximate surface area is 151 Å². The minimum Gasteiger partial charge on any atom is -0.365 e. The van der Waals surface area contributed by atoms with Gasteiger partial charge in [-0.1, -0.05) is 12.1 Å². The molecule has 1 aliphatic rings. The molecular formula is C19H19FN4O2. The highest BCUT2D eigenvalue weighted by Gasteiger charge is 2.23. The van der Waals surface area contributed by atoms with E-state index in [0.29, 0.717) is 18.8 Å². The quantitative estimate of drug-likeness (QED) is 0.622. The van der Waals surface area contributed by atoms with E-state index in [9.17, 15) is 14.5 Å². The van der Waals surface area contributed by atoms with E-state index in [2.05, 4.69) is 4.90 Å². The molecule has 0 unspecified atom stereocenters. The summed E-state index contributed by atoms with van der Waals surface area (Å²) < 4.78 is 13.0. The fourth-order valence-electron chi connectivity index (χ4n) is 3.22. The summed E-state index contributed by atoms with van der Waals surface area (Å²) in [7, 11) is 0. The number of nitrogens with zero attached hydrogens (tertiary/aromatic N) is 4. The Bertz CT molecular complexity index is 832. The molecule has 2 aromatic rings. The largest absolute Gasteiger partial charge is 0.365 e. The number of anilines is 1. The van der Waals surface area contributed by atoms with Crippen LogP contribution >= 0.6 is 0 Å². The van der Waals surface area contributed by atoms with Crippen LogP contribution in [0.1, 0.15) is 17.5 Å². The lowest BCUT2D eigenvalue weighted by atomic mass is 10.1. The minimum absolute atomic E-state index is 0.0314. The summed E-state index contributed by atoms with van der Waals surface area (Å²) in [5.41, 5.74) is 1.85. The number of hydrogen-bond acceptors (Lipinski definition) is 5. The first-order valence-electron chi connectivity index (χ1n) is 8.47. The third-order valence-corrected chi connectivity index (χ3v) is 4.55. The highest BCUT2D eigenvalue weighted by molar-refractivity contribution is 5.65. The van der Waals surface area contributed by atoms with Gasteiger partial charge in [0.05, 0.1) is 16.6 Å². The Morgan fingerprint density at radius 1 is 1.12 bits per heavy atom. The predicted molar refractivity (Wildman–Crippen MR) is 96.3 cm³/mol. The third-order valence-electron chi connectivity index (χ3n) is 4.55.